The second kappa shape index (κ2) is 6.51. The highest BCUT2D eigenvalue weighted by Crippen LogP contribution is 2.39. The van der Waals surface area contributed by atoms with E-state index in [0.717, 1.165) is 43.4 Å². The molecule has 1 N–H and O–H groups in total. The maximum Gasteiger partial charge on any atom is 0.139 e. The third kappa shape index (κ3) is 3.09. The van der Waals surface area contributed by atoms with E-state index < -0.39 is 0 Å². The fourth-order valence-corrected chi connectivity index (χ4v) is 3.93. The summed E-state index contributed by atoms with van der Waals surface area (Å²) in [5.41, 5.74) is 3.36. The van der Waals surface area contributed by atoms with Gasteiger partial charge in [-0.1, -0.05) is 12.1 Å². The first kappa shape index (κ1) is 16.3. The van der Waals surface area contributed by atoms with Gasteiger partial charge in [-0.3, -0.25) is 0 Å². The Bertz CT molecular complexity index is 732. The van der Waals surface area contributed by atoms with E-state index in [4.69, 9.17) is 4.99 Å². The van der Waals surface area contributed by atoms with Gasteiger partial charge in [-0.15, -0.1) is 23.7 Å². The zero-order valence-corrected chi connectivity index (χ0v) is 15.0. The molecule has 6 heteroatoms. The van der Waals surface area contributed by atoms with Crippen LogP contribution in [0.5, 0.6) is 0 Å². The number of rotatable bonds is 0. The molecule has 122 valence electrons. The van der Waals surface area contributed by atoms with E-state index in [9.17, 15) is 0 Å². The van der Waals surface area contributed by atoms with E-state index in [1.807, 2.05) is 0 Å². The van der Waals surface area contributed by atoms with Crippen LogP contribution in [-0.2, 0) is 0 Å². The molecule has 3 heterocycles. The Morgan fingerprint density at radius 3 is 2.65 bits per heavy atom. The molecule has 1 aromatic heterocycles. The summed E-state index contributed by atoms with van der Waals surface area (Å²) in [6, 6.07) is 10.6. The minimum absolute atomic E-state index is 0. The summed E-state index contributed by atoms with van der Waals surface area (Å²) in [4.78, 5) is 11.1. The minimum atomic E-state index is 0. The van der Waals surface area contributed by atoms with E-state index in [-0.39, 0.29) is 12.4 Å². The number of aliphatic imine (C=N–C) groups is 1. The molecule has 4 rings (SSSR count). The van der Waals surface area contributed by atoms with Crippen LogP contribution < -0.4 is 5.32 Å². The molecule has 0 spiro atoms. The number of aryl methyl sites for hydroxylation is 1. The van der Waals surface area contributed by atoms with E-state index in [1.54, 1.807) is 11.3 Å². The van der Waals surface area contributed by atoms with Crippen LogP contribution in [0.15, 0.2) is 35.3 Å². The number of hydrogen-bond acceptors (Lipinski definition) is 5. The maximum absolute atomic E-state index is 5.01. The first-order valence-corrected chi connectivity index (χ1v) is 8.51. The highest BCUT2D eigenvalue weighted by atomic mass is 35.5. The van der Waals surface area contributed by atoms with Crippen LogP contribution in [0, 0.1) is 6.92 Å². The van der Waals surface area contributed by atoms with Crippen LogP contribution in [0.3, 0.4) is 0 Å². The zero-order chi connectivity index (χ0) is 15.1. The molecule has 0 amide bonds. The third-order valence-electron chi connectivity index (χ3n) is 4.28. The Balaban J connectivity index is 0.00000156. The minimum Gasteiger partial charge on any atom is -0.353 e. The lowest BCUT2D eigenvalue weighted by Crippen LogP contribution is -2.47. The standard InChI is InChI=1S/C17H20N4S.ClH/c1-12-11-13-16(21-9-7-20(2)8-10-21)18-14-5-3-4-6-15(14)19-17(13)22-12;/h3-6,11,19H,7-10H2,1-2H3;1H. The summed E-state index contributed by atoms with van der Waals surface area (Å²) >= 11 is 1.81. The number of halogens is 1. The van der Waals surface area contributed by atoms with Crippen molar-refractivity contribution in [2.75, 3.05) is 38.5 Å². The average molecular weight is 349 g/mol. The van der Waals surface area contributed by atoms with Crippen molar-refractivity contribution in [1.82, 2.24) is 9.80 Å². The van der Waals surface area contributed by atoms with Crippen molar-refractivity contribution in [3.8, 4) is 0 Å². The molecule has 2 aromatic rings. The summed E-state index contributed by atoms with van der Waals surface area (Å²) < 4.78 is 0. The fourth-order valence-electron chi connectivity index (χ4n) is 3.01. The first-order chi connectivity index (χ1) is 10.7. The van der Waals surface area contributed by atoms with Gasteiger partial charge in [0, 0.05) is 31.1 Å². The number of anilines is 2. The van der Waals surface area contributed by atoms with Crippen LogP contribution in [0.25, 0.3) is 0 Å². The molecule has 1 aromatic carbocycles. The molecule has 4 nitrogen and oxygen atoms in total. The number of nitrogens with one attached hydrogen (secondary N) is 1. The molecule has 0 radical (unpaired) electrons. The maximum atomic E-state index is 5.01. The normalized spacial score (nSPS) is 17.3. The van der Waals surface area contributed by atoms with Gasteiger partial charge in [0.05, 0.1) is 16.9 Å². The Morgan fingerprint density at radius 1 is 1.13 bits per heavy atom. The van der Waals surface area contributed by atoms with Gasteiger partial charge in [-0.2, -0.15) is 0 Å². The number of fused-ring (bicyclic) bond motifs is 2. The summed E-state index contributed by atoms with van der Waals surface area (Å²) in [5, 5.41) is 4.78. The third-order valence-corrected chi connectivity index (χ3v) is 5.24. The Labute approximate surface area is 147 Å². The Morgan fingerprint density at radius 2 is 1.87 bits per heavy atom. The lowest BCUT2D eigenvalue weighted by molar-refractivity contribution is 0.216. The van der Waals surface area contributed by atoms with E-state index >= 15 is 0 Å². The van der Waals surface area contributed by atoms with Crippen molar-refractivity contribution in [3.63, 3.8) is 0 Å². The smallest absolute Gasteiger partial charge is 0.139 e. The zero-order valence-electron chi connectivity index (χ0n) is 13.4. The lowest BCUT2D eigenvalue weighted by atomic mass is 10.2. The number of para-hydroxylation sites is 2. The molecular weight excluding hydrogens is 328 g/mol. The second-order valence-electron chi connectivity index (χ2n) is 5.97. The van der Waals surface area contributed by atoms with Crippen molar-refractivity contribution in [2.24, 2.45) is 4.99 Å². The van der Waals surface area contributed by atoms with Gasteiger partial charge >= 0.3 is 0 Å². The number of hydrogen-bond donors (Lipinski definition) is 1. The largest absolute Gasteiger partial charge is 0.353 e. The molecule has 0 atom stereocenters. The molecule has 0 saturated carbocycles. The number of benzene rings is 1. The molecule has 0 unspecified atom stereocenters. The van der Waals surface area contributed by atoms with Crippen molar-refractivity contribution < 1.29 is 0 Å². The van der Waals surface area contributed by atoms with Gasteiger partial charge < -0.3 is 15.1 Å². The quantitative estimate of drug-likeness (QED) is 0.784. The van der Waals surface area contributed by atoms with Crippen LogP contribution >= 0.6 is 23.7 Å². The van der Waals surface area contributed by atoms with Gasteiger partial charge in [0.2, 0.25) is 0 Å². The molecule has 2 aliphatic rings. The van der Waals surface area contributed by atoms with E-state index in [1.165, 1.54) is 15.4 Å². The number of thiophene rings is 1. The van der Waals surface area contributed by atoms with Gasteiger partial charge in [0.15, 0.2) is 0 Å². The number of amidine groups is 1. The average Bonchev–Trinajstić information content (AvgIpc) is 2.80. The van der Waals surface area contributed by atoms with Crippen LogP contribution in [0.4, 0.5) is 16.4 Å². The van der Waals surface area contributed by atoms with E-state index in [2.05, 4.69) is 59.4 Å². The number of likely N-dealkylation sites (N-methyl/N-ethyl adjacent to an activating group) is 1. The highest BCUT2D eigenvalue weighted by molar-refractivity contribution is 7.16. The second-order valence-corrected chi connectivity index (χ2v) is 7.22. The van der Waals surface area contributed by atoms with Crippen molar-refractivity contribution >= 4 is 46.0 Å². The first-order valence-electron chi connectivity index (χ1n) is 7.70. The predicted molar refractivity (Wildman–Crippen MR) is 101 cm³/mol. The van der Waals surface area contributed by atoms with E-state index in [0.29, 0.717) is 0 Å². The molecule has 0 aliphatic carbocycles. The molecule has 23 heavy (non-hydrogen) atoms. The molecular formula is C17H21ClN4S. The van der Waals surface area contributed by atoms with Crippen LogP contribution in [-0.4, -0.2) is 48.9 Å². The van der Waals surface area contributed by atoms with Gasteiger partial charge in [0.1, 0.15) is 10.8 Å². The summed E-state index contributed by atoms with van der Waals surface area (Å²) in [5.74, 6) is 1.12. The topological polar surface area (TPSA) is 30.9 Å². The summed E-state index contributed by atoms with van der Waals surface area (Å²) in [6.07, 6.45) is 0. The highest BCUT2D eigenvalue weighted by Gasteiger charge is 2.25. The summed E-state index contributed by atoms with van der Waals surface area (Å²) in [7, 11) is 2.18. The molecule has 0 bridgehead atoms. The number of nitrogens with zero attached hydrogens (tertiary/aromatic N) is 3. The molecule has 1 fully saturated rings. The molecule has 2 aliphatic heterocycles. The fraction of sp³-hybridized carbons (Fsp3) is 0.353. The van der Waals surface area contributed by atoms with Crippen molar-refractivity contribution in [1.29, 1.82) is 0 Å². The van der Waals surface area contributed by atoms with Gasteiger partial charge in [0.25, 0.3) is 0 Å². The Kier molecular flexibility index (Phi) is 4.62. The van der Waals surface area contributed by atoms with Crippen LogP contribution in [0.1, 0.15) is 10.4 Å². The summed E-state index contributed by atoms with van der Waals surface area (Å²) in [6.45, 7) is 6.41. The van der Waals surface area contributed by atoms with Gasteiger partial charge in [-0.25, -0.2) is 4.99 Å². The van der Waals surface area contributed by atoms with Gasteiger partial charge in [-0.05, 0) is 32.2 Å². The predicted octanol–water partition coefficient (Wildman–Crippen LogP) is 3.86. The SMILES string of the molecule is Cc1cc2c(s1)Nc1ccccc1N=C2N1CCN(C)CC1.Cl. The van der Waals surface area contributed by atoms with Crippen molar-refractivity contribution in [3.05, 3.63) is 40.8 Å². The van der Waals surface area contributed by atoms with Crippen molar-refractivity contribution in [2.45, 2.75) is 6.92 Å². The Hall–Kier alpha value is -1.56. The number of piperazine rings is 1. The monoisotopic (exact) mass is 348 g/mol. The molecule has 1 saturated heterocycles. The van der Waals surface area contributed by atoms with Crippen LogP contribution in [0.2, 0.25) is 0 Å². The lowest BCUT2D eigenvalue weighted by Gasteiger charge is -2.34.